The van der Waals surface area contributed by atoms with Gasteiger partial charge in [0.2, 0.25) is 23.6 Å². The second-order valence-corrected chi connectivity index (χ2v) is 22.4. The third kappa shape index (κ3) is 18.0. The van der Waals surface area contributed by atoms with Crippen molar-refractivity contribution in [2.24, 2.45) is 0 Å². The highest BCUT2D eigenvalue weighted by Crippen LogP contribution is 2.41. The van der Waals surface area contributed by atoms with Gasteiger partial charge in [-0.2, -0.15) is 0 Å². The number of aliphatic hydroxyl groups excluding tert-OH is 19. The van der Waals surface area contributed by atoms with Crippen molar-refractivity contribution >= 4 is 35.6 Å². The number of carbonyl (C=O) groups is 6. The number of ether oxygens (including phenoxy) is 10. The minimum atomic E-state index is -3.27. The van der Waals surface area contributed by atoms with Gasteiger partial charge < -0.3 is 176 Å². The van der Waals surface area contributed by atoms with Gasteiger partial charge >= 0.3 is 11.9 Å². The molecule has 5 aliphatic heterocycles. The number of nitrogens with one attached hydrogen (secondary N) is 4. The Balaban J connectivity index is 1.40. The first-order valence-electron chi connectivity index (χ1n) is 28.3. The molecule has 5 heterocycles. The Kier molecular flexibility index (Phi) is 28.4. The predicted octanol–water partition coefficient (Wildman–Crippen LogP) is -15.5. The van der Waals surface area contributed by atoms with Crippen molar-refractivity contribution in [1.29, 1.82) is 0 Å². The number of aliphatic carboxylic acids is 2. The Morgan fingerprint density at radius 1 is 0.495 bits per heavy atom. The number of amides is 4. The molecule has 25 N–H and O–H groups in total. The van der Waals surface area contributed by atoms with E-state index >= 15 is 0 Å². The van der Waals surface area contributed by atoms with Crippen LogP contribution in [0.15, 0.2) is 0 Å². The third-order valence-corrected chi connectivity index (χ3v) is 15.6. The lowest BCUT2D eigenvalue weighted by atomic mass is 9.88. The summed E-state index contributed by atoms with van der Waals surface area (Å²) < 4.78 is 56.9. The molecule has 526 valence electrons. The fraction of sp³-hybridized carbons (Fsp3) is 0.880. The molecule has 5 rings (SSSR count). The van der Waals surface area contributed by atoms with Gasteiger partial charge in [-0.15, -0.1) is 0 Å². The molecule has 0 aromatic carbocycles. The van der Waals surface area contributed by atoms with Crippen LogP contribution in [0.4, 0.5) is 0 Å². The van der Waals surface area contributed by atoms with Crippen LogP contribution in [0.1, 0.15) is 40.5 Å². The Labute approximate surface area is 515 Å². The van der Waals surface area contributed by atoms with Crippen LogP contribution in [0, 0.1) is 0 Å². The first-order chi connectivity index (χ1) is 42.6. The molecule has 5 fully saturated rings. The van der Waals surface area contributed by atoms with E-state index in [9.17, 15) is 136 Å². The van der Waals surface area contributed by atoms with Gasteiger partial charge in [0, 0.05) is 40.5 Å². The number of aliphatic hydroxyl groups is 19. The number of hydrogen-bond acceptors (Lipinski definition) is 35. The molecule has 5 saturated heterocycles. The van der Waals surface area contributed by atoms with Crippen LogP contribution in [0.3, 0.4) is 0 Å². The maximum Gasteiger partial charge on any atom is 0.364 e. The Bertz CT molecular complexity index is 2390. The molecule has 0 bridgehead atoms. The van der Waals surface area contributed by atoms with E-state index in [0.717, 1.165) is 27.7 Å². The molecule has 4 amide bonds. The Morgan fingerprint density at radius 3 is 1.29 bits per heavy atom. The first-order valence-corrected chi connectivity index (χ1v) is 28.3. The summed E-state index contributed by atoms with van der Waals surface area (Å²) in [5.41, 5.74) is 0. The highest BCUT2D eigenvalue weighted by Gasteiger charge is 2.63. The van der Waals surface area contributed by atoms with Crippen LogP contribution in [0.25, 0.3) is 0 Å². The van der Waals surface area contributed by atoms with Crippen LogP contribution in [-0.4, -0.2) is 378 Å². The van der Waals surface area contributed by atoms with Crippen molar-refractivity contribution in [3.63, 3.8) is 0 Å². The van der Waals surface area contributed by atoms with E-state index < -0.39 is 284 Å². The average molecular weight is 1330 g/mol. The summed E-state index contributed by atoms with van der Waals surface area (Å²) in [4.78, 5) is 75.3. The SMILES string of the molecule is CC(=O)N[C@H]1[C@H](OC[C@@H](O)[C@H](O)[C@H](O[C@@H]2O[C@H](CO)[C@H](O)[C@H](O[C@]3(C(=O)O)C[C@H](O)[C@@H](NC(C)=O)[C@H]([C@H](O)[C@H](O)CO)O3)[C@H]2O)[C@H](CO)NC(C)=O)O[C@H](CO)[C@@H](O[C@@H]2O[C@H](CO)[C@H](O)[C@H](O[C@]3(C(=O)O)C[C@H](O)[C@@H](NC(C)=O)[C@H]([C@H](O)[C@H](O)CO)O3)[C@H]2O)[C@@H]1O. The summed E-state index contributed by atoms with van der Waals surface area (Å²) in [5, 5.41) is 237. The Hall–Kier alpha value is -4.34. The van der Waals surface area contributed by atoms with E-state index in [1.165, 1.54) is 0 Å². The standard InChI is InChI=1S/C50H84N4O37/c1-14(61)51-18(7-55)38(86-45-36(76)42(33(73)24(10-58)83-45)90-49(47(78)79)5-19(65)27(52-15(2)62)40(88-49)30(70)21(67)8-56)32(72)23(69)13-82-44-29(54-17(4)64)35(75)39(26(12-60)85-44)87-46-37(77)43(34(74)25(11-59)84-46)91-50(48(80)81)6-20(66)28(53-16(3)63)41(89-50)31(71)22(68)9-57/h18-46,55-60,65-77H,5-13H2,1-4H3,(H,51,61)(H,52,62)(H,53,63)(H,54,64)(H,78,79)(H,80,81)/t18-,19-,20-,21+,22+,23+,24+,25+,26+,27+,28+,29+,30+,31+,32-,33-,34-,35+,36+,37+,38+,39+,40+,41+,42-,43-,44+,45-,46-,49-,50-/m0/s1. The minimum absolute atomic E-state index is 0.846. The lowest BCUT2D eigenvalue weighted by molar-refractivity contribution is -0.383. The average Bonchev–Trinajstić information content (AvgIpc) is 0.778. The van der Waals surface area contributed by atoms with Crippen molar-refractivity contribution in [3.8, 4) is 0 Å². The fourth-order valence-electron chi connectivity index (χ4n) is 11.0. The van der Waals surface area contributed by atoms with Crippen LogP contribution in [0.5, 0.6) is 0 Å². The van der Waals surface area contributed by atoms with Crippen LogP contribution >= 0.6 is 0 Å². The van der Waals surface area contributed by atoms with E-state index in [0.29, 0.717) is 0 Å². The monoisotopic (exact) mass is 1330 g/mol. The summed E-state index contributed by atoms with van der Waals surface area (Å²) >= 11 is 0. The largest absolute Gasteiger partial charge is 0.477 e. The zero-order chi connectivity index (χ0) is 68.5. The molecule has 0 saturated carbocycles. The summed E-state index contributed by atoms with van der Waals surface area (Å²) in [7, 11) is 0. The van der Waals surface area contributed by atoms with Gasteiger partial charge in [-0.3, -0.25) is 19.2 Å². The second-order valence-electron chi connectivity index (χ2n) is 22.4. The van der Waals surface area contributed by atoms with Crippen LogP contribution in [-0.2, 0) is 76.1 Å². The van der Waals surface area contributed by atoms with E-state index in [4.69, 9.17) is 47.4 Å². The van der Waals surface area contributed by atoms with Gasteiger partial charge in [-0.05, 0) is 0 Å². The van der Waals surface area contributed by atoms with Crippen molar-refractivity contribution in [1.82, 2.24) is 21.3 Å². The number of carboxylic acids is 2. The van der Waals surface area contributed by atoms with Gasteiger partial charge in [-0.1, -0.05) is 0 Å². The van der Waals surface area contributed by atoms with Crippen molar-refractivity contribution in [2.45, 2.75) is 229 Å². The molecular formula is C50H84N4O37. The third-order valence-electron chi connectivity index (χ3n) is 15.6. The van der Waals surface area contributed by atoms with Gasteiger partial charge in [0.1, 0.15) is 128 Å². The normalized spacial score (nSPS) is 39.8. The van der Waals surface area contributed by atoms with Crippen LogP contribution < -0.4 is 21.3 Å². The van der Waals surface area contributed by atoms with Crippen molar-refractivity contribution < 1.29 is 183 Å². The molecule has 0 radical (unpaired) electrons. The molecule has 0 aliphatic carbocycles. The minimum Gasteiger partial charge on any atom is -0.477 e. The Morgan fingerprint density at radius 2 is 0.901 bits per heavy atom. The highest BCUT2D eigenvalue weighted by molar-refractivity contribution is 5.78. The zero-order valence-electron chi connectivity index (χ0n) is 49.0. The van der Waals surface area contributed by atoms with Gasteiger partial charge in [0.25, 0.3) is 11.6 Å². The molecule has 0 unspecified atom stereocenters. The quantitative estimate of drug-likeness (QED) is 0.0318. The summed E-state index contributed by atoms with van der Waals surface area (Å²) in [6.07, 6.45) is -57.3. The number of rotatable bonds is 30. The van der Waals surface area contributed by atoms with Crippen molar-refractivity contribution in [2.75, 3.05) is 46.2 Å². The van der Waals surface area contributed by atoms with Gasteiger partial charge in [0.05, 0.1) is 76.6 Å². The number of hydrogen-bond donors (Lipinski definition) is 25. The van der Waals surface area contributed by atoms with E-state index in [1.54, 1.807) is 0 Å². The van der Waals surface area contributed by atoms with Gasteiger partial charge in [0.15, 0.2) is 18.9 Å². The topological polar surface area (TPSA) is 668 Å². The lowest BCUT2D eigenvalue weighted by Gasteiger charge is -2.51. The second kappa shape index (κ2) is 33.4. The van der Waals surface area contributed by atoms with E-state index in [2.05, 4.69) is 21.3 Å². The summed E-state index contributed by atoms with van der Waals surface area (Å²) in [6.45, 7) is -4.45. The van der Waals surface area contributed by atoms with Crippen LogP contribution in [0.2, 0.25) is 0 Å². The maximum atomic E-state index is 13.1. The number of carboxylic acid groups (broad SMARTS) is 2. The molecule has 5 aliphatic rings. The molecule has 31 atom stereocenters. The molecular weight excluding hydrogens is 1250 g/mol. The predicted molar refractivity (Wildman–Crippen MR) is 282 cm³/mol. The smallest absolute Gasteiger partial charge is 0.364 e. The van der Waals surface area contributed by atoms with Gasteiger partial charge in [-0.25, -0.2) is 9.59 Å². The maximum absolute atomic E-state index is 13.1. The number of carbonyl (C=O) groups excluding carboxylic acids is 4. The molecule has 0 spiro atoms. The molecule has 41 nitrogen and oxygen atoms in total. The highest BCUT2D eigenvalue weighted by atomic mass is 16.8. The molecule has 91 heavy (non-hydrogen) atoms. The van der Waals surface area contributed by atoms with E-state index in [1.807, 2.05) is 0 Å². The molecule has 0 aromatic heterocycles. The lowest BCUT2D eigenvalue weighted by Crippen LogP contribution is -2.71. The molecule has 0 aromatic rings. The summed E-state index contributed by atoms with van der Waals surface area (Å²) in [6, 6.07) is -7.13. The zero-order valence-corrected chi connectivity index (χ0v) is 49.0. The summed E-state index contributed by atoms with van der Waals surface area (Å²) in [5.74, 6) is -14.3. The molecule has 41 heteroatoms. The fourth-order valence-corrected chi connectivity index (χ4v) is 11.0. The van der Waals surface area contributed by atoms with E-state index in [-0.39, 0.29) is 0 Å². The van der Waals surface area contributed by atoms with Crippen molar-refractivity contribution in [3.05, 3.63) is 0 Å². The first kappa shape index (κ1) is 77.4.